The molecule has 1 aromatic rings. The summed E-state index contributed by atoms with van der Waals surface area (Å²) in [5.74, 6) is 1.69. The Balaban J connectivity index is 3.26. The normalized spacial score (nSPS) is 12.3. The van der Waals surface area contributed by atoms with E-state index in [0.717, 1.165) is 22.6 Å². The molecular weight excluding hydrogens is 315 g/mol. The van der Waals surface area contributed by atoms with Crippen LogP contribution in [0.15, 0.2) is 12.1 Å². The van der Waals surface area contributed by atoms with Crippen molar-refractivity contribution in [3.8, 4) is 11.5 Å². The van der Waals surface area contributed by atoms with Crippen LogP contribution < -0.4 is 9.47 Å². The lowest BCUT2D eigenvalue weighted by atomic mass is 9.92. The van der Waals surface area contributed by atoms with Crippen molar-refractivity contribution in [2.45, 2.75) is 64.4 Å². The highest BCUT2D eigenvalue weighted by atomic mass is 79.9. The van der Waals surface area contributed by atoms with E-state index in [0.29, 0.717) is 11.7 Å². The van der Waals surface area contributed by atoms with Crippen LogP contribution in [0.3, 0.4) is 0 Å². The predicted molar refractivity (Wildman–Crippen MR) is 89.3 cm³/mol. The van der Waals surface area contributed by atoms with Gasteiger partial charge in [0, 0.05) is 10.9 Å². The number of hydrogen-bond donors (Lipinski definition) is 0. The fourth-order valence-electron chi connectivity index (χ4n) is 1.87. The van der Waals surface area contributed by atoms with Gasteiger partial charge in [0.05, 0.1) is 7.85 Å². The van der Waals surface area contributed by atoms with Crippen molar-refractivity contribution in [2.75, 3.05) is 0 Å². The maximum Gasteiger partial charge on any atom is 0.124 e. The van der Waals surface area contributed by atoms with E-state index >= 15 is 0 Å². The summed E-state index contributed by atoms with van der Waals surface area (Å²) in [7, 11) is 5.92. The molecule has 0 atom stereocenters. The van der Waals surface area contributed by atoms with Gasteiger partial charge in [0.1, 0.15) is 22.7 Å². The van der Waals surface area contributed by atoms with Crippen molar-refractivity contribution >= 4 is 23.8 Å². The molecule has 0 aliphatic rings. The Bertz CT molecular complexity index is 416. The molecule has 0 spiro atoms. The maximum absolute atomic E-state index is 6.01. The lowest BCUT2D eigenvalue weighted by molar-refractivity contribution is 0.123. The van der Waals surface area contributed by atoms with Gasteiger partial charge >= 0.3 is 0 Å². The monoisotopic (exact) mass is 338 g/mol. The van der Waals surface area contributed by atoms with E-state index in [2.05, 4.69) is 15.9 Å². The number of ether oxygens (including phenoxy) is 2. The molecule has 0 saturated heterocycles. The summed E-state index contributed by atoms with van der Waals surface area (Å²) in [6.45, 7) is 12.2. The molecule has 20 heavy (non-hydrogen) atoms. The molecule has 0 aliphatic carbocycles. The van der Waals surface area contributed by atoms with E-state index in [4.69, 9.17) is 17.3 Å². The largest absolute Gasteiger partial charge is 0.488 e. The number of halogens is 1. The van der Waals surface area contributed by atoms with Crippen LogP contribution in [0, 0.1) is 0 Å². The Morgan fingerprint density at radius 1 is 0.900 bits per heavy atom. The van der Waals surface area contributed by atoms with Gasteiger partial charge in [0.25, 0.3) is 0 Å². The van der Waals surface area contributed by atoms with Gasteiger partial charge in [-0.2, -0.15) is 0 Å². The third kappa shape index (κ3) is 5.04. The second kappa shape index (κ2) is 6.42. The Labute approximate surface area is 132 Å². The van der Waals surface area contributed by atoms with Gasteiger partial charge in [-0.15, -0.1) is 0 Å². The van der Waals surface area contributed by atoms with Crippen molar-refractivity contribution in [3.05, 3.63) is 23.3 Å². The molecule has 0 amide bonds. The first-order chi connectivity index (χ1) is 9.07. The Hall–Kier alpha value is -0.635. The van der Waals surface area contributed by atoms with Gasteiger partial charge in [0.15, 0.2) is 0 Å². The second-order valence-electron chi connectivity index (χ2n) is 6.79. The van der Waals surface area contributed by atoms with Gasteiger partial charge < -0.3 is 9.47 Å². The van der Waals surface area contributed by atoms with E-state index in [1.54, 1.807) is 0 Å². The van der Waals surface area contributed by atoms with E-state index in [9.17, 15) is 0 Å². The summed E-state index contributed by atoms with van der Waals surface area (Å²) in [6.07, 6.45) is 0.424. The zero-order chi connectivity index (χ0) is 15.6. The number of rotatable bonds is 4. The highest BCUT2D eigenvalue weighted by molar-refractivity contribution is 9.08. The molecule has 2 radical (unpaired) electrons. The van der Waals surface area contributed by atoms with Crippen LogP contribution in [0.2, 0.25) is 0 Å². The molecule has 1 rings (SSSR count). The number of hydrogen-bond acceptors (Lipinski definition) is 2. The first kappa shape index (κ1) is 17.4. The molecule has 0 unspecified atom stereocenters. The average molecular weight is 339 g/mol. The molecule has 0 N–H and O–H groups in total. The molecule has 1 aromatic carbocycles. The van der Waals surface area contributed by atoms with E-state index in [-0.39, 0.29) is 11.2 Å². The van der Waals surface area contributed by atoms with Crippen LogP contribution in [0.4, 0.5) is 0 Å². The summed E-state index contributed by atoms with van der Waals surface area (Å²) in [5.41, 5.74) is 1.57. The second-order valence-corrected chi connectivity index (χ2v) is 7.35. The minimum absolute atomic E-state index is 0.241. The van der Waals surface area contributed by atoms with Crippen LogP contribution >= 0.6 is 15.9 Å². The third-order valence-corrected chi connectivity index (χ3v) is 3.08. The van der Waals surface area contributed by atoms with Crippen molar-refractivity contribution in [1.82, 2.24) is 0 Å². The third-order valence-electron chi connectivity index (χ3n) is 2.52. The maximum atomic E-state index is 6.01. The highest BCUT2D eigenvalue weighted by Gasteiger charge is 2.21. The van der Waals surface area contributed by atoms with Gasteiger partial charge in [-0.25, -0.2) is 0 Å². The molecule has 0 aliphatic heterocycles. The molecular formula is C16H24BBrO2. The zero-order valence-corrected chi connectivity index (χ0v) is 14.9. The summed E-state index contributed by atoms with van der Waals surface area (Å²) in [6, 6.07) is 3.91. The topological polar surface area (TPSA) is 18.5 Å². The van der Waals surface area contributed by atoms with Crippen molar-refractivity contribution < 1.29 is 9.47 Å². The summed E-state index contributed by atoms with van der Waals surface area (Å²) in [5, 5.41) is 0.687. The molecule has 0 aromatic heterocycles. The summed E-state index contributed by atoms with van der Waals surface area (Å²) < 4.78 is 12.0. The highest BCUT2D eigenvalue weighted by Crippen LogP contribution is 2.35. The van der Waals surface area contributed by atoms with Gasteiger partial charge in [0.2, 0.25) is 0 Å². The molecule has 0 bridgehead atoms. The van der Waals surface area contributed by atoms with E-state index < -0.39 is 0 Å². The summed E-state index contributed by atoms with van der Waals surface area (Å²) >= 11 is 3.53. The van der Waals surface area contributed by atoms with E-state index in [1.165, 1.54) is 0 Å². The SMILES string of the molecule is [B]Cc1c(OC(C)(C)C)ccc(OC(C)(C)C)c1CBr. The Morgan fingerprint density at radius 2 is 1.30 bits per heavy atom. The first-order valence-corrected chi connectivity index (χ1v) is 7.98. The predicted octanol–water partition coefficient (Wildman–Crippen LogP) is 4.60. The van der Waals surface area contributed by atoms with Gasteiger partial charge in [-0.3, -0.25) is 0 Å². The molecule has 4 heteroatoms. The average Bonchev–Trinajstić information content (AvgIpc) is 2.26. The molecule has 2 nitrogen and oxygen atoms in total. The van der Waals surface area contributed by atoms with Crippen LogP contribution in [-0.4, -0.2) is 19.0 Å². The first-order valence-electron chi connectivity index (χ1n) is 6.86. The Morgan fingerprint density at radius 3 is 1.60 bits per heavy atom. The van der Waals surface area contributed by atoms with Crippen LogP contribution in [-0.2, 0) is 11.7 Å². The van der Waals surface area contributed by atoms with Crippen molar-refractivity contribution in [2.24, 2.45) is 0 Å². The van der Waals surface area contributed by atoms with Crippen LogP contribution in [0.25, 0.3) is 0 Å². The van der Waals surface area contributed by atoms with Gasteiger partial charge in [-0.05, 0) is 59.2 Å². The molecule has 0 heterocycles. The minimum atomic E-state index is -0.250. The smallest absolute Gasteiger partial charge is 0.124 e. The van der Waals surface area contributed by atoms with Gasteiger partial charge in [-0.1, -0.05) is 22.3 Å². The quantitative estimate of drug-likeness (QED) is 0.589. The molecule has 0 saturated carbocycles. The molecule has 110 valence electrons. The van der Waals surface area contributed by atoms with Crippen LogP contribution in [0.5, 0.6) is 11.5 Å². The molecule has 0 fully saturated rings. The lowest BCUT2D eigenvalue weighted by Crippen LogP contribution is -2.25. The van der Waals surface area contributed by atoms with E-state index in [1.807, 2.05) is 53.7 Å². The fraction of sp³-hybridized carbons (Fsp3) is 0.625. The number of alkyl halides is 1. The zero-order valence-electron chi connectivity index (χ0n) is 13.3. The summed E-state index contributed by atoms with van der Waals surface area (Å²) in [4.78, 5) is 0. The van der Waals surface area contributed by atoms with Crippen LogP contribution in [0.1, 0.15) is 52.7 Å². The fourth-order valence-corrected chi connectivity index (χ4v) is 2.49. The van der Waals surface area contributed by atoms with Crippen molar-refractivity contribution in [3.63, 3.8) is 0 Å². The Kier molecular flexibility index (Phi) is 5.59. The standard InChI is InChI=1S/C16H24BBrO2/c1-15(2,3)19-13-7-8-14(20-16(4,5)6)12(10-18)11(13)9-17/h7-8H,9-10H2,1-6H3. The minimum Gasteiger partial charge on any atom is -0.488 e. The lowest BCUT2D eigenvalue weighted by Gasteiger charge is -2.27. The van der Waals surface area contributed by atoms with Crippen molar-refractivity contribution in [1.29, 1.82) is 0 Å². The number of benzene rings is 1.